The molecule has 0 saturated carbocycles. The first-order valence-electron chi connectivity index (χ1n) is 7.76. The van der Waals surface area contributed by atoms with Crippen LogP contribution in [0.2, 0.25) is 0 Å². The molecule has 0 bridgehead atoms. The summed E-state index contributed by atoms with van der Waals surface area (Å²) in [6.07, 6.45) is 1.76. The lowest BCUT2D eigenvalue weighted by Gasteiger charge is -2.00. The molecule has 0 aliphatic rings. The number of nitrogens with zero attached hydrogens (tertiary/aromatic N) is 2. The molecule has 0 unspecified atom stereocenters. The van der Waals surface area contributed by atoms with Gasteiger partial charge in [-0.25, -0.2) is 25.6 Å². The van der Waals surface area contributed by atoms with E-state index in [9.17, 15) is 25.6 Å². The van der Waals surface area contributed by atoms with Crippen molar-refractivity contribution in [2.75, 3.05) is 5.08 Å². The van der Waals surface area contributed by atoms with Crippen molar-refractivity contribution in [1.82, 2.24) is 0 Å². The minimum absolute atomic E-state index is 0.0465. The zero-order valence-electron chi connectivity index (χ0n) is 14.6. The van der Waals surface area contributed by atoms with E-state index in [0.29, 0.717) is 10.8 Å². The van der Waals surface area contributed by atoms with Crippen molar-refractivity contribution in [2.45, 2.75) is 0 Å². The van der Waals surface area contributed by atoms with Crippen LogP contribution in [0, 0.1) is 34.3 Å². The van der Waals surface area contributed by atoms with Gasteiger partial charge in [-0.2, -0.15) is 10.5 Å². The van der Waals surface area contributed by atoms with Gasteiger partial charge in [-0.3, -0.25) is 0 Å². The predicted octanol–water partition coefficient (Wildman–Crippen LogP) is 3.14. The molecule has 2 aromatic carbocycles. The van der Waals surface area contributed by atoms with E-state index in [-0.39, 0.29) is 22.3 Å². The van der Waals surface area contributed by atoms with Crippen LogP contribution in [0.3, 0.4) is 0 Å². The van der Waals surface area contributed by atoms with Crippen molar-refractivity contribution in [1.29, 1.82) is 10.5 Å². The molecule has 0 aromatic heterocycles. The average Bonchev–Trinajstić information content (AvgIpc) is 2.65. The maximum Gasteiger partial charge on any atom is 0.186 e. The van der Waals surface area contributed by atoms with Gasteiger partial charge < -0.3 is 0 Å². The van der Waals surface area contributed by atoms with Gasteiger partial charge in [0.15, 0.2) is 24.8 Å². The molecule has 148 valence electrons. The fourth-order valence-corrected chi connectivity index (χ4v) is 5.29. The Morgan fingerprint density at radius 3 is 1.45 bits per heavy atom. The number of halogens is 2. The molecule has 0 atom stereocenters. The fraction of sp³-hybridized carbons (Fsp3) is 0.0526. The van der Waals surface area contributed by atoms with Crippen LogP contribution < -0.4 is 0 Å². The summed E-state index contributed by atoms with van der Waals surface area (Å²) >= 11 is 0. The van der Waals surface area contributed by atoms with Crippen LogP contribution in [0.15, 0.2) is 47.2 Å². The predicted molar refractivity (Wildman–Crippen MR) is 103 cm³/mol. The maximum absolute atomic E-state index is 13.8. The summed E-state index contributed by atoms with van der Waals surface area (Å²) in [4.78, 5) is 0. The molecular formula is C19H12F2N2O4S2. The number of rotatable bonds is 6. The van der Waals surface area contributed by atoms with E-state index >= 15 is 0 Å². The van der Waals surface area contributed by atoms with Crippen molar-refractivity contribution < 1.29 is 25.6 Å². The van der Waals surface area contributed by atoms with E-state index in [4.69, 9.17) is 10.5 Å². The van der Waals surface area contributed by atoms with Crippen molar-refractivity contribution in [3.05, 3.63) is 81.1 Å². The van der Waals surface area contributed by atoms with Crippen molar-refractivity contribution >= 4 is 31.8 Å². The molecule has 0 aliphatic heterocycles. The van der Waals surface area contributed by atoms with E-state index < -0.39 is 36.4 Å². The lowest BCUT2D eigenvalue weighted by atomic mass is 10.1. The molecule has 0 fully saturated rings. The van der Waals surface area contributed by atoms with Gasteiger partial charge in [0.05, 0.1) is 23.3 Å². The second kappa shape index (κ2) is 8.78. The molecule has 0 aliphatic carbocycles. The summed E-state index contributed by atoms with van der Waals surface area (Å²) in [7, 11) is -8.57. The van der Waals surface area contributed by atoms with Crippen LogP contribution in [-0.4, -0.2) is 21.9 Å². The van der Waals surface area contributed by atoms with Gasteiger partial charge in [-0.15, -0.1) is 0 Å². The first-order valence-corrected chi connectivity index (χ1v) is 11.2. The van der Waals surface area contributed by atoms with Crippen molar-refractivity contribution in [3.8, 4) is 12.1 Å². The largest absolute Gasteiger partial charge is 0.223 e. The molecule has 0 radical (unpaired) electrons. The SMILES string of the molecule is N#Cc1ccc(C=CS(=O)(=O)CS(=O)(=O)/C=C\c2ccc(C#N)cc2F)c(F)c1. The highest BCUT2D eigenvalue weighted by Gasteiger charge is 2.18. The molecule has 0 spiro atoms. The molecule has 0 amide bonds. The Morgan fingerprint density at radius 1 is 0.759 bits per heavy atom. The van der Waals surface area contributed by atoms with Gasteiger partial charge in [0.25, 0.3) is 0 Å². The monoisotopic (exact) mass is 434 g/mol. The van der Waals surface area contributed by atoms with E-state index in [2.05, 4.69) is 0 Å². The second-order valence-electron chi connectivity index (χ2n) is 5.75. The summed E-state index contributed by atoms with van der Waals surface area (Å²) < 4.78 is 75.7. The highest BCUT2D eigenvalue weighted by molar-refractivity contribution is 8.10. The van der Waals surface area contributed by atoms with Gasteiger partial charge in [0.1, 0.15) is 11.6 Å². The van der Waals surface area contributed by atoms with Crippen LogP contribution >= 0.6 is 0 Å². The summed E-state index contributed by atoms with van der Waals surface area (Å²) in [6.45, 7) is 0. The number of hydrogen-bond donors (Lipinski definition) is 0. The molecule has 6 nitrogen and oxygen atoms in total. The van der Waals surface area contributed by atoms with Crippen LogP contribution in [-0.2, 0) is 19.7 Å². The lowest BCUT2D eigenvalue weighted by molar-refractivity contribution is 0.598. The van der Waals surface area contributed by atoms with Crippen LogP contribution in [0.25, 0.3) is 12.2 Å². The zero-order chi connectivity index (χ0) is 21.7. The van der Waals surface area contributed by atoms with E-state index in [0.717, 1.165) is 24.3 Å². The Kier molecular flexibility index (Phi) is 6.64. The van der Waals surface area contributed by atoms with Crippen LogP contribution in [0.4, 0.5) is 8.78 Å². The number of sulfone groups is 2. The Labute approximate surface area is 166 Å². The highest BCUT2D eigenvalue weighted by Crippen LogP contribution is 2.15. The minimum Gasteiger partial charge on any atom is -0.223 e. The van der Waals surface area contributed by atoms with Crippen LogP contribution in [0.1, 0.15) is 22.3 Å². The fourth-order valence-electron chi connectivity index (χ4n) is 2.13. The summed E-state index contributed by atoms with van der Waals surface area (Å²) in [6, 6.07) is 10.2. The molecule has 0 heterocycles. The third-order valence-electron chi connectivity index (χ3n) is 3.50. The number of benzene rings is 2. The van der Waals surface area contributed by atoms with Gasteiger partial charge in [0, 0.05) is 21.9 Å². The Balaban J connectivity index is 2.18. The second-order valence-corrected chi connectivity index (χ2v) is 9.88. The summed E-state index contributed by atoms with van der Waals surface area (Å²) in [5, 5.41) is 17.1. The molecule has 2 rings (SSSR count). The van der Waals surface area contributed by atoms with Crippen molar-refractivity contribution in [2.24, 2.45) is 0 Å². The van der Waals surface area contributed by atoms with Gasteiger partial charge >= 0.3 is 0 Å². The van der Waals surface area contributed by atoms with E-state index in [1.165, 1.54) is 24.3 Å². The number of nitriles is 2. The average molecular weight is 434 g/mol. The highest BCUT2D eigenvalue weighted by atomic mass is 32.3. The molecule has 0 N–H and O–H groups in total. The third kappa shape index (κ3) is 6.35. The first kappa shape index (κ1) is 22.0. The maximum atomic E-state index is 13.8. The number of hydrogen-bond acceptors (Lipinski definition) is 6. The van der Waals surface area contributed by atoms with E-state index in [1.807, 2.05) is 0 Å². The lowest BCUT2D eigenvalue weighted by Crippen LogP contribution is -2.11. The smallest absolute Gasteiger partial charge is 0.186 e. The normalized spacial score (nSPS) is 12.1. The van der Waals surface area contributed by atoms with Gasteiger partial charge in [0.2, 0.25) is 0 Å². The molecular weight excluding hydrogens is 422 g/mol. The van der Waals surface area contributed by atoms with E-state index in [1.54, 1.807) is 12.1 Å². The van der Waals surface area contributed by atoms with Crippen LogP contribution in [0.5, 0.6) is 0 Å². The standard InChI is InChI=1S/C19H12F2N2O4S2/c20-18-9-14(11-22)1-3-16(18)5-7-28(24,25)13-29(26,27)8-6-17-4-2-15(12-23)10-19(17)21/h1-10H,13H2/b7-5-,8-6?. The zero-order valence-corrected chi connectivity index (χ0v) is 16.2. The van der Waals surface area contributed by atoms with Crippen molar-refractivity contribution in [3.63, 3.8) is 0 Å². The van der Waals surface area contributed by atoms with Gasteiger partial charge in [-0.1, -0.05) is 12.1 Å². The summed E-state index contributed by atoms with van der Waals surface area (Å²) in [5.41, 5.74) is -0.184. The Morgan fingerprint density at radius 2 is 1.14 bits per heavy atom. The van der Waals surface area contributed by atoms with Gasteiger partial charge in [-0.05, 0) is 36.4 Å². The molecule has 10 heteroatoms. The third-order valence-corrected chi connectivity index (χ3v) is 7.23. The topological polar surface area (TPSA) is 116 Å². The molecule has 29 heavy (non-hydrogen) atoms. The Bertz CT molecular complexity index is 1200. The Hall–Kier alpha value is -3.34. The quantitative estimate of drug-likeness (QED) is 0.690. The molecule has 2 aromatic rings. The summed E-state index contributed by atoms with van der Waals surface area (Å²) in [5.74, 6) is -1.68. The first-order chi connectivity index (χ1) is 13.5. The molecule has 0 saturated heterocycles. The minimum atomic E-state index is -4.28.